The van der Waals surface area contributed by atoms with Gasteiger partial charge in [0.25, 0.3) is 0 Å². The summed E-state index contributed by atoms with van der Waals surface area (Å²) in [5, 5.41) is 19.7. The van der Waals surface area contributed by atoms with E-state index in [2.05, 4.69) is 13.8 Å². The molecule has 0 bridgehead atoms. The number of aliphatic carboxylic acids is 1. The zero-order valence-electron chi connectivity index (χ0n) is 16.4. The summed E-state index contributed by atoms with van der Waals surface area (Å²) in [4.78, 5) is 25.1. The molecule has 4 aliphatic rings. The van der Waals surface area contributed by atoms with Gasteiger partial charge in [0.1, 0.15) is 5.78 Å². The number of carbonyl (C=O) groups excluding carboxylic acids is 1. The maximum Gasteiger partial charge on any atom is 0.306 e. The highest BCUT2D eigenvalue weighted by Crippen LogP contribution is 2.67. The summed E-state index contributed by atoms with van der Waals surface area (Å²) >= 11 is 0. The molecule has 0 saturated heterocycles. The fraction of sp³-hybridized carbons (Fsp3) is 0.909. The Labute approximate surface area is 156 Å². The van der Waals surface area contributed by atoms with Crippen molar-refractivity contribution < 1.29 is 19.8 Å². The lowest BCUT2D eigenvalue weighted by molar-refractivity contribution is -0.165. The van der Waals surface area contributed by atoms with Crippen LogP contribution in [-0.4, -0.2) is 28.1 Å². The molecule has 0 unspecified atom stereocenters. The van der Waals surface area contributed by atoms with Crippen molar-refractivity contribution in [3.8, 4) is 0 Å². The minimum Gasteiger partial charge on any atom is -0.481 e. The number of hydrogen-bond acceptors (Lipinski definition) is 3. The van der Waals surface area contributed by atoms with Crippen molar-refractivity contribution in [1.29, 1.82) is 0 Å². The summed E-state index contributed by atoms with van der Waals surface area (Å²) in [5.74, 6) is 0.928. The van der Waals surface area contributed by atoms with Crippen LogP contribution in [0.1, 0.15) is 72.1 Å². The van der Waals surface area contributed by atoms with Crippen LogP contribution in [0.5, 0.6) is 0 Å². The number of aliphatic hydroxyl groups is 1. The van der Waals surface area contributed by atoms with E-state index >= 15 is 0 Å². The van der Waals surface area contributed by atoms with Gasteiger partial charge in [0.2, 0.25) is 0 Å². The van der Waals surface area contributed by atoms with E-state index in [0.717, 1.165) is 44.9 Å². The van der Waals surface area contributed by atoms with Gasteiger partial charge < -0.3 is 10.2 Å². The molecule has 4 fully saturated rings. The van der Waals surface area contributed by atoms with E-state index in [4.69, 9.17) is 0 Å². The molecule has 0 aromatic carbocycles. The van der Waals surface area contributed by atoms with Crippen LogP contribution < -0.4 is 0 Å². The smallest absolute Gasteiger partial charge is 0.306 e. The lowest BCUT2D eigenvalue weighted by atomic mass is 9.44. The van der Waals surface area contributed by atoms with Gasteiger partial charge in [-0.3, -0.25) is 9.59 Å². The van der Waals surface area contributed by atoms with Crippen LogP contribution in [0.15, 0.2) is 0 Å². The van der Waals surface area contributed by atoms with E-state index in [9.17, 15) is 19.8 Å². The van der Waals surface area contributed by atoms with E-state index in [1.807, 2.05) is 6.92 Å². The van der Waals surface area contributed by atoms with Crippen molar-refractivity contribution >= 4 is 11.8 Å². The summed E-state index contributed by atoms with van der Waals surface area (Å²) in [5.41, 5.74) is -0.107. The van der Waals surface area contributed by atoms with Crippen LogP contribution in [0.4, 0.5) is 0 Å². The number of hydrogen-bond donors (Lipinski definition) is 2. The number of carboxylic acids is 1. The van der Waals surface area contributed by atoms with Crippen LogP contribution in [0.3, 0.4) is 0 Å². The summed E-state index contributed by atoms with van der Waals surface area (Å²) in [6.07, 6.45) is 7.24. The monoisotopic (exact) mass is 362 g/mol. The lowest BCUT2D eigenvalue weighted by Gasteiger charge is -2.60. The third-order valence-electron chi connectivity index (χ3n) is 9.39. The molecule has 0 radical (unpaired) electrons. The summed E-state index contributed by atoms with van der Waals surface area (Å²) in [6, 6.07) is 0. The van der Waals surface area contributed by atoms with Crippen LogP contribution in [0, 0.1) is 46.3 Å². The maximum absolute atomic E-state index is 13.4. The zero-order valence-corrected chi connectivity index (χ0v) is 16.4. The third-order valence-corrected chi connectivity index (χ3v) is 9.39. The van der Waals surface area contributed by atoms with Gasteiger partial charge in [-0.15, -0.1) is 0 Å². The van der Waals surface area contributed by atoms with Crippen molar-refractivity contribution in [2.24, 2.45) is 46.3 Å². The van der Waals surface area contributed by atoms with Gasteiger partial charge in [-0.05, 0) is 79.4 Å². The van der Waals surface area contributed by atoms with Gasteiger partial charge in [0, 0.05) is 12.3 Å². The van der Waals surface area contributed by atoms with Crippen molar-refractivity contribution in [3.63, 3.8) is 0 Å². The highest BCUT2D eigenvalue weighted by molar-refractivity contribution is 5.84. The van der Waals surface area contributed by atoms with E-state index < -0.39 is 5.97 Å². The quantitative estimate of drug-likeness (QED) is 0.781. The van der Waals surface area contributed by atoms with Crippen LogP contribution in [0.2, 0.25) is 0 Å². The van der Waals surface area contributed by atoms with Gasteiger partial charge in [0.15, 0.2) is 0 Å². The van der Waals surface area contributed by atoms with Gasteiger partial charge in [-0.2, -0.15) is 0 Å². The Morgan fingerprint density at radius 1 is 1.12 bits per heavy atom. The highest BCUT2D eigenvalue weighted by atomic mass is 16.4. The Balaban J connectivity index is 1.65. The van der Waals surface area contributed by atoms with Crippen molar-refractivity contribution in [1.82, 2.24) is 0 Å². The van der Waals surface area contributed by atoms with E-state index in [1.165, 1.54) is 0 Å². The van der Waals surface area contributed by atoms with Crippen molar-refractivity contribution in [2.75, 3.05) is 0 Å². The Hall–Kier alpha value is -0.900. The molecule has 0 heterocycles. The SMILES string of the molecule is C[C@H](C(=O)O)[C@@H]1CC[C@@H]2[C@@H]3CC[C@@H]4C[C@H](O)CC[C@]4(C)[C@H]3C(=O)C[C@]21C. The molecule has 146 valence electrons. The first-order valence-corrected chi connectivity index (χ1v) is 10.6. The Bertz CT molecular complexity index is 615. The molecule has 4 rings (SSSR count). The zero-order chi connectivity index (χ0) is 18.9. The van der Waals surface area contributed by atoms with Gasteiger partial charge in [-0.25, -0.2) is 0 Å². The van der Waals surface area contributed by atoms with Crippen molar-refractivity contribution in [3.05, 3.63) is 0 Å². The molecular formula is C22H34O4. The first-order valence-electron chi connectivity index (χ1n) is 10.6. The number of carbonyl (C=O) groups is 2. The Kier molecular flexibility index (Phi) is 4.30. The topological polar surface area (TPSA) is 74.6 Å². The van der Waals surface area contributed by atoms with Gasteiger partial charge >= 0.3 is 5.97 Å². The molecule has 0 spiro atoms. The molecule has 0 aliphatic heterocycles. The number of rotatable bonds is 2. The molecule has 4 heteroatoms. The minimum absolute atomic E-state index is 0.0388. The van der Waals surface area contributed by atoms with Crippen LogP contribution in [0.25, 0.3) is 0 Å². The fourth-order valence-corrected chi connectivity index (χ4v) is 8.08. The highest BCUT2D eigenvalue weighted by Gasteiger charge is 2.63. The second kappa shape index (κ2) is 6.05. The molecule has 4 aliphatic carbocycles. The molecular weight excluding hydrogens is 328 g/mol. The van der Waals surface area contributed by atoms with E-state index in [0.29, 0.717) is 30.0 Å². The number of Topliss-reactive ketones (excluding diaryl/α,β-unsaturated/α-hetero) is 1. The van der Waals surface area contributed by atoms with Crippen molar-refractivity contribution in [2.45, 2.75) is 78.2 Å². The average Bonchev–Trinajstić information content (AvgIpc) is 2.90. The number of carboxylic acid groups (broad SMARTS) is 1. The molecule has 0 aromatic rings. The molecule has 0 aromatic heterocycles. The van der Waals surface area contributed by atoms with E-state index in [-0.39, 0.29) is 34.7 Å². The minimum atomic E-state index is -0.719. The molecule has 2 N–H and O–H groups in total. The largest absolute Gasteiger partial charge is 0.481 e. The second-order valence-electron chi connectivity index (χ2n) is 10.4. The number of fused-ring (bicyclic) bond motifs is 5. The molecule has 26 heavy (non-hydrogen) atoms. The number of ketones is 1. The standard InChI is InChI=1S/C22H34O4/c1-12(20(25)26)16-6-7-17-15-5-4-13-10-14(23)8-9-21(13,2)19(15)18(24)11-22(16,17)3/h12-17,19,23H,4-11H2,1-3H3,(H,25,26)/t12-,13+,14+,15-,16-,17+,19+,21-,22-/m0/s1. The molecule has 4 saturated carbocycles. The summed E-state index contributed by atoms with van der Waals surface area (Å²) < 4.78 is 0. The lowest BCUT2D eigenvalue weighted by Crippen LogP contribution is -2.58. The predicted molar refractivity (Wildman–Crippen MR) is 98.4 cm³/mol. The first-order chi connectivity index (χ1) is 12.2. The van der Waals surface area contributed by atoms with E-state index in [1.54, 1.807) is 0 Å². The molecule has 9 atom stereocenters. The predicted octanol–water partition coefficient (Wildman–Crippen LogP) is 3.91. The molecule has 4 nitrogen and oxygen atoms in total. The Morgan fingerprint density at radius 3 is 2.54 bits per heavy atom. The second-order valence-corrected chi connectivity index (χ2v) is 10.4. The molecule has 0 amide bonds. The summed E-state index contributed by atoms with van der Waals surface area (Å²) in [6.45, 7) is 6.35. The maximum atomic E-state index is 13.4. The van der Waals surface area contributed by atoms with Crippen LogP contribution >= 0.6 is 0 Å². The Morgan fingerprint density at radius 2 is 1.85 bits per heavy atom. The third kappa shape index (κ3) is 2.43. The van der Waals surface area contributed by atoms with Gasteiger partial charge in [0.05, 0.1) is 12.0 Å². The summed E-state index contributed by atoms with van der Waals surface area (Å²) in [7, 11) is 0. The average molecular weight is 363 g/mol. The van der Waals surface area contributed by atoms with Gasteiger partial charge in [-0.1, -0.05) is 20.8 Å². The number of aliphatic hydroxyl groups excluding tert-OH is 1. The first kappa shape index (κ1) is 18.5. The van der Waals surface area contributed by atoms with Crippen LogP contribution in [-0.2, 0) is 9.59 Å². The normalized spacial score (nSPS) is 51.9. The fourth-order valence-electron chi connectivity index (χ4n) is 8.08.